The molecule has 1 aliphatic rings. The van der Waals surface area contributed by atoms with Gasteiger partial charge in [-0.05, 0) is 54.8 Å². The molecule has 2 heteroatoms. The predicted molar refractivity (Wildman–Crippen MR) is 69.3 cm³/mol. The molecule has 88 valence electrons. The first kappa shape index (κ1) is 10.6. The summed E-state index contributed by atoms with van der Waals surface area (Å²) < 4.78 is 0. The lowest BCUT2D eigenvalue weighted by Crippen LogP contribution is -2.12. The summed E-state index contributed by atoms with van der Waals surface area (Å²) in [4.78, 5) is 14.6. The third-order valence-electron chi connectivity index (χ3n) is 3.79. The second-order valence-electron chi connectivity index (χ2n) is 5.11. The third-order valence-corrected chi connectivity index (χ3v) is 3.79. The van der Waals surface area contributed by atoms with E-state index >= 15 is 0 Å². The zero-order valence-corrected chi connectivity index (χ0v) is 10.1. The Bertz CT molecular complexity index is 557. The van der Waals surface area contributed by atoms with Crippen molar-refractivity contribution in [1.82, 2.24) is 4.98 Å². The molecule has 1 aromatic carbocycles. The summed E-state index contributed by atoms with van der Waals surface area (Å²) in [5, 5.41) is 1.29. The highest BCUT2D eigenvalue weighted by atomic mass is 16.1. The molecule has 1 aliphatic carbocycles. The summed E-state index contributed by atoms with van der Waals surface area (Å²) in [6, 6.07) is 8.83. The number of hydrogen-bond acceptors (Lipinski definition) is 1. The van der Waals surface area contributed by atoms with Crippen LogP contribution in [0.3, 0.4) is 0 Å². The SMILES string of the molecule is Cc1cc2cc(C3CCC(=O)CC3)ccc2[nH]1. The van der Waals surface area contributed by atoms with Crippen molar-refractivity contribution in [1.29, 1.82) is 0 Å². The minimum absolute atomic E-state index is 0.430. The van der Waals surface area contributed by atoms with Crippen LogP contribution < -0.4 is 0 Å². The van der Waals surface area contributed by atoms with Gasteiger partial charge in [-0.1, -0.05) is 6.07 Å². The van der Waals surface area contributed by atoms with Gasteiger partial charge in [0.05, 0.1) is 0 Å². The molecule has 2 nitrogen and oxygen atoms in total. The summed E-state index contributed by atoms with van der Waals surface area (Å²) in [5.41, 5.74) is 3.80. The van der Waals surface area contributed by atoms with E-state index in [0.717, 1.165) is 25.7 Å². The van der Waals surface area contributed by atoms with Gasteiger partial charge in [0.2, 0.25) is 0 Å². The van der Waals surface area contributed by atoms with E-state index in [1.807, 2.05) is 0 Å². The molecule has 0 bridgehead atoms. The van der Waals surface area contributed by atoms with Crippen LogP contribution in [0, 0.1) is 6.92 Å². The lowest BCUT2D eigenvalue weighted by atomic mass is 9.83. The number of aromatic amines is 1. The lowest BCUT2D eigenvalue weighted by Gasteiger charge is -2.21. The minimum atomic E-state index is 0.430. The number of aryl methyl sites for hydroxylation is 1. The fourth-order valence-electron chi connectivity index (χ4n) is 2.82. The highest BCUT2D eigenvalue weighted by molar-refractivity contribution is 5.82. The molecule has 3 rings (SSSR count). The molecule has 0 spiro atoms. The van der Waals surface area contributed by atoms with Crippen molar-refractivity contribution >= 4 is 16.7 Å². The molecule has 0 amide bonds. The standard InChI is InChI=1S/C15H17NO/c1-10-8-13-9-12(4-7-15(13)16-10)11-2-5-14(17)6-3-11/h4,7-9,11,16H,2-3,5-6H2,1H3. The van der Waals surface area contributed by atoms with Gasteiger partial charge in [0.1, 0.15) is 5.78 Å². The molecule has 0 radical (unpaired) electrons. The lowest BCUT2D eigenvalue weighted by molar-refractivity contribution is -0.120. The average Bonchev–Trinajstić information content (AvgIpc) is 2.69. The number of carbonyl (C=O) groups is 1. The fraction of sp³-hybridized carbons (Fsp3) is 0.400. The second kappa shape index (κ2) is 4.02. The van der Waals surface area contributed by atoms with Crippen LogP contribution in [0.25, 0.3) is 10.9 Å². The number of Topliss-reactive ketones (excluding diaryl/α,β-unsaturated/α-hetero) is 1. The number of ketones is 1. The number of aromatic nitrogens is 1. The number of nitrogens with one attached hydrogen (secondary N) is 1. The highest BCUT2D eigenvalue weighted by Gasteiger charge is 2.20. The first-order valence-corrected chi connectivity index (χ1v) is 6.33. The Morgan fingerprint density at radius 2 is 1.94 bits per heavy atom. The molecular formula is C15H17NO. The maximum absolute atomic E-state index is 11.3. The van der Waals surface area contributed by atoms with Crippen molar-refractivity contribution in [2.24, 2.45) is 0 Å². The van der Waals surface area contributed by atoms with Crippen molar-refractivity contribution in [2.75, 3.05) is 0 Å². The van der Waals surface area contributed by atoms with Gasteiger partial charge in [-0.25, -0.2) is 0 Å². The Morgan fingerprint density at radius 1 is 1.18 bits per heavy atom. The molecule has 2 aromatic rings. The molecule has 1 saturated carbocycles. The summed E-state index contributed by atoms with van der Waals surface area (Å²) in [5.74, 6) is 1.01. The Labute approximate surface area is 101 Å². The number of hydrogen-bond donors (Lipinski definition) is 1. The maximum atomic E-state index is 11.3. The van der Waals surface area contributed by atoms with E-state index in [-0.39, 0.29) is 0 Å². The van der Waals surface area contributed by atoms with Gasteiger partial charge >= 0.3 is 0 Å². The molecule has 0 saturated heterocycles. The van der Waals surface area contributed by atoms with Gasteiger partial charge in [0.25, 0.3) is 0 Å². The van der Waals surface area contributed by atoms with Crippen molar-refractivity contribution in [3.8, 4) is 0 Å². The molecule has 1 heterocycles. The summed E-state index contributed by atoms with van der Waals surface area (Å²) >= 11 is 0. The molecule has 1 N–H and O–H groups in total. The number of fused-ring (bicyclic) bond motifs is 1. The quantitative estimate of drug-likeness (QED) is 0.791. The van der Waals surface area contributed by atoms with Crippen molar-refractivity contribution in [2.45, 2.75) is 38.5 Å². The number of carbonyl (C=O) groups excluding carboxylic acids is 1. The Balaban J connectivity index is 1.92. The fourth-order valence-corrected chi connectivity index (χ4v) is 2.82. The normalized spacial score (nSPS) is 17.8. The predicted octanol–water partition coefficient (Wildman–Crippen LogP) is 3.70. The Hall–Kier alpha value is -1.57. The van der Waals surface area contributed by atoms with Crippen LogP contribution >= 0.6 is 0 Å². The largest absolute Gasteiger partial charge is 0.359 e. The van der Waals surface area contributed by atoms with Crippen molar-refractivity contribution in [3.05, 3.63) is 35.5 Å². The van der Waals surface area contributed by atoms with Crippen LogP contribution in [0.1, 0.15) is 42.9 Å². The smallest absolute Gasteiger partial charge is 0.132 e. The maximum Gasteiger partial charge on any atom is 0.132 e. The van der Waals surface area contributed by atoms with E-state index in [2.05, 4.69) is 36.2 Å². The van der Waals surface area contributed by atoms with E-state index in [9.17, 15) is 4.79 Å². The molecule has 0 aliphatic heterocycles. The van der Waals surface area contributed by atoms with E-state index in [4.69, 9.17) is 0 Å². The summed E-state index contributed by atoms with van der Waals surface area (Å²) in [6.07, 6.45) is 3.56. The molecular weight excluding hydrogens is 210 g/mol. The molecule has 0 unspecified atom stereocenters. The van der Waals surface area contributed by atoms with Crippen LogP contribution in [0.4, 0.5) is 0 Å². The van der Waals surface area contributed by atoms with E-state index in [1.54, 1.807) is 0 Å². The summed E-state index contributed by atoms with van der Waals surface area (Å²) in [7, 11) is 0. The van der Waals surface area contributed by atoms with Gasteiger partial charge in [-0.2, -0.15) is 0 Å². The van der Waals surface area contributed by atoms with E-state index < -0.39 is 0 Å². The van der Waals surface area contributed by atoms with Crippen LogP contribution in [0.2, 0.25) is 0 Å². The topological polar surface area (TPSA) is 32.9 Å². The average molecular weight is 227 g/mol. The minimum Gasteiger partial charge on any atom is -0.359 e. The Morgan fingerprint density at radius 3 is 2.71 bits per heavy atom. The summed E-state index contributed by atoms with van der Waals surface area (Å²) in [6.45, 7) is 2.08. The zero-order chi connectivity index (χ0) is 11.8. The van der Waals surface area contributed by atoms with Crippen LogP contribution in [0.15, 0.2) is 24.3 Å². The van der Waals surface area contributed by atoms with Crippen molar-refractivity contribution in [3.63, 3.8) is 0 Å². The van der Waals surface area contributed by atoms with Crippen molar-refractivity contribution < 1.29 is 4.79 Å². The van der Waals surface area contributed by atoms with Gasteiger partial charge in [-0.15, -0.1) is 0 Å². The third kappa shape index (κ3) is 1.99. The van der Waals surface area contributed by atoms with Gasteiger partial charge in [0, 0.05) is 24.1 Å². The molecule has 17 heavy (non-hydrogen) atoms. The van der Waals surface area contributed by atoms with Crippen LogP contribution in [-0.4, -0.2) is 10.8 Å². The highest BCUT2D eigenvalue weighted by Crippen LogP contribution is 2.32. The van der Waals surface area contributed by atoms with E-state index in [0.29, 0.717) is 11.7 Å². The number of rotatable bonds is 1. The Kier molecular flexibility index (Phi) is 2.50. The van der Waals surface area contributed by atoms with Crippen LogP contribution in [0.5, 0.6) is 0 Å². The van der Waals surface area contributed by atoms with E-state index in [1.165, 1.54) is 22.2 Å². The second-order valence-corrected chi connectivity index (χ2v) is 5.11. The molecule has 1 fully saturated rings. The number of H-pyrrole nitrogens is 1. The first-order valence-electron chi connectivity index (χ1n) is 6.33. The molecule has 1 aromatic heterocycles. The van der Waals surface area contributed by atoms with Gasteiger partial charge in [0.15, 0.2) is 0 Å². The number of benzene rings is 1. The monoisotopic (exact) mass is 227 g/mol. The van der Waals surface area contributed by atoms with Gasteiger partial charge < -0.3 is 4.98 Å². The first-order chi connectivity index (χ1) is 8.22. The van der Waals surface area contributed by atoms with Gasteiger partial charge in [-0.3, -0.25) is 4.79 Å². The van der Waals surface area contributed by atoms with Crippen LogP contribution in [-0.2, 0) is 4.79 Å². The zero-order valence-electron chi connectivity index (χ0n) is 10.1. The molecule has 0 atom stereocenters.